The van der Waals surface area contributed by atoms with Crippen LogP contribution in [0.5, 0.6) is 11.5 Å². The Balaban J connectivity index is 1.69. The van der Waals surface area contributed by atoms with Crippen LogP contribution in [0.3, 0.4) is 0 Å². The summed E-state index contributed by atoms with van der Waals surface area (Å²) in [5, 5.41) is 0. The van der Waals surface area contributed by atoms with Gasteiger partial charge in [0.1, 0.15) is 17.1 Å². The van der Waals surface area contributed by atoms with E-state index in [4.69, 9.17) is 9.47 Å². The van der Waals surface area contributed by atoms with Gasteiger partial charge in [-0.2, -0.15) is 0 Å². The third-order valence-corrected chi connectivity index (χ3v) is 7.85. The van der Waals surface area contributed by atoms with Gasteiger partial charge in [-0.1, -0.05) is 24.6 Å². The predicted molar refractivity (Wildman–Crippen MR) is 113 cm³/mol. The lowest BCUT2D eigenvalue weighted by Gasteiger charge is -2.44. The normalized spacial score (nSPS) is 20.7. The summed E-state index contributed by atoms with van der Waals surface area (Å²) in [6.45, 7) is 3.66. The van der Waals surface area contributed by atoms with E-state index in [0.717, 1.165) is 42.6 Å². The highest BCUT2D eigenvalue weighted by molar-refractivity contribution is 7.89. The Morgan fingerprint density at radius 2 is 1.79 bits per heavy atom. The molecule has 1 saturated carbocycles. The molecule has 6 heteroatoms. The predicted octanol–water partition coefficient (Wildman–Crippen LogP) is 4.82. The number of fused-ring (bicyclic) bond motifs is 1. The number of ether oxygens (including phenoxy) is 2. The van der Waals surface area contributed by atoms with Crippen LogP contribution >= 0.6 is 0 Å². The number of sulfonamides is 1. The Morgan fingerprint density at radius 1 is 1.07 bits per heavy atom. The van der Waals surface area contributed by atoms with Gasteiger partial charge < -0.3 is 9.47 Å². The van der Waals surface area contributed by atoms with Crippen molar-refractivity contribution < 1.29 is 17.9 Å². The van der Waals surface area contributed by atoms with Crippen molar-refractivity contribution in [2.45, 2.75) is 68.9 Å². The van der Waals surface area contributed by atoms with E-state index in [-0.39, 0.29) is 11.6 Å². The second kappa shape index (κ2) is 7.65. The number of methoxy groups -OCH3 is 1. The summed E-state index contributed by atoms with van der Waals surface area (Å²) in [6, 6.07) is 11.0. The van der Waals surface area contributed by atoms with Gasteiger partial charge in [-0.25, -0.2) is 13.1 Å². The van der Waals surface area contributed by atoms with Crippen LogP contribution < -0.4 is 14.2 Å². The van der Waals surface area contributed by atoms with E-state index in [1.807, 2.05) is 31.2 Å². The molecule has 5 nitrogen and oxygen atoms in total. The van der Waals surface area contributed by atoms with E-state index in [9.17, 15) is 8.42 Å². The fourth-order valence-corrected chi connectivity index (χ4v) is 6.28. The molecule has 1 heterocycles. The Bertz CT molecular complexity index is 1010. The van der Waals surface area contributed by atoms with Gasteiger partial charge in [-0.15, -0.1) is 0 Å². The third kappa shape index (κ3) is 3.88. The van der Waals surface area contributed by atoms with Crippen molar-refractivity contribution in [3.05, 3.63) is 53.1 Å². The molecule has 1 atom stereocenters. The summed E-state index contributed by atoms with van der Waals surface area (Å²) in [4.78, 5) is 0.303. The molecule has 0 amide bonds. The van der Waals surface area contributed by atoms with Gasteiger partial charge in [0.15, 0.2) is 0 Å². The van der Waals surface area contributed by atoms with Gasteiger partial charge in [0.2, 0.25) is 10.0 Å². The monoisotopic (exact) mass is 415 g/mol. The summed E-state index contributed by atoms with van der Waals surface area (Å²) in [7, 11) is -2.10. The van der Waals surface area contributed by atoms with Gasteiger partial charge in [-0.3, -0.25) is 0 Å². The average molecular weight is 416 g/mol. The van der Waals surface area contributed by atoms with Crippen LogP contribution in [0, 0.1) is 13.8 Å². The number of nitrogens with one attached hydrogen (secondary N) is 1. The van der Waals surface area contributed by atoms with Crippen molar-refractivity contribution >= 4 is 10.0 Å². The van der Waals surface area contributed by atoms with Gasteiger partial charge in [-0.05, 0) is 68.9 Å². The van der Waals surface area contributed by atoms with Crippen LogP contribution in [-0.2, 0) is 10.0 Å². The zero-order valence-corrected chi connectivity index (χ0v) is 18.1. The highest BCUT2D eigenvalue weighted by atomic mass is 32.2. The van der Waals surface area contributed by atoms with Gasteiger partial charge >= 0.3 is 0 Å². The maximum Gasteiger partial charge on any atom is 0.241 e. The van der Waals surface area contributed by atoms with Crippen molar-refractivity contribution in [1.29, 1.82) is 0 Å². The SMILES string of the molecule is COc1cc(C)c(S(=O)(=O)N[C@H]2CC3(CCCCC3)Oc3ccccc32)cc1C. The summed E-state index contributed by atoms with van der Waals surface area (Å²) in [5.41, 5.74) is 2.11. The second-order valence-electron chi connectivity index (χ2n) is 8.35. The number of para-hydroxylation sites is 1. The quantitative estimate of drug-likeness (QED) is 0.778. The van der Waals surface area contributed by atoms with Crippen LogP contribution in [-0.4, -0.2) is 21.1 Å². The van der Waals surface area contributed by atoms with Gasteiger partial charge in [0.05, 0.1) is 18.0 Å². The molecule has 0 bridgehead atoms. The molecule has 2 aromatic carbocycles. The fourth-order valence-electron chi connectivity index (χ4n) is 4.75. The highest BCUT2D eigenvalue weighted by Gasteiger charge is 2.43. The molecule has 2 aliphatic rings. The third-order valence-electron chi connectivity index (χ3n) is 6.24. The number of hydrogen-bond donors (Lipinski definition) is 1. The Morgan fingerprint density at radius 3 is 2.52 bits per heavy atom. The molecule has 29 heavy (non-hydrogen) atoms. The maximum absolute atomic E-state index is 13.4. The minimum absolute atomic E-state index is 0.273. The molecule has 0 saturated heterocycles. The van der Waals surface area contributed by atoms with Crippen LogP contribution in [0.1, 0.15) is 61.3 Å². The molecule has 1 spiro atoms. The Labute approximate surface area is 173 Å². The van der Waals surface area contributed by atoms with E-state index in [2.05, 4.69) is 4.72 Å². The minimum Gasteiger partial charge on any atom is -0.496 e. The lowest BCUT2D eigenvalue weighted by molar-refractivity contribution is 0.0000750. The lowest BCUT2D eigenvalue weighted by atomic mass is 9.77. The molecule has 0 unspecified atom stereocenters. The molecular weight excluding hydrogens is 386 g/mol. The molecule has 2 aromatic rings. The first-order valence-corrected chi connectivity index (χ1v) is 11.8. The smallest absolute Gasteiger partial charge is 0.241 e. The van der Waals surface area contributed by atoms with E-state index < -0.39 is 10.0 Å². The van der Waals surface area contributed by atoms with Crippen molar-refractivity contribution in [1.82, 2.24) is 4.72 Å². The second-order valence-corrected chi connectivity index (χ2v) is 10.0. The molecule has 156 valence electrons. The van der Waals surface area contributed by atoms with Crippen molar-refractivity contribution in [3.8, 4) is 11.5 Å². The standard InChI is InChI=1S/C23H29NO4S/c1-16-14-22(17(2)13-21(16)27-3)29(25,26)24-19-15-23(11-7-4-8-12-23)28-20-10-6-5-9-18(19)20/h5-6,9-10,13-14,19,24H,4,7-8,11-12,15H2,1-3H3/t19-/m0/s1. The molecule has 0 aromatic heterocycles. The van der Waals surface area contributed by atoms with Crippen molar-refractivity contribution in [2.75, 3.05) is 7.11 Å². The summed E-state index contributed by atoms with van der Waals surface area (Å²) >= 11 is 0. The summed E-state index contributed by atoms with van der Waals surface area (Å²) in [6.07, 6.45) is 6.07. The summed E-state index contributed by atoms with van der Waals surface area (Å²) in [5.74, 6) is 1.50. The maximum atomic E-state index is 13.4. The fraction of sp³-hybridized carbons (Fsp3) is 0.478. The molecular formula is C23H29NO4S. The van der Waals surface area contributed by atoms with Crippen molar-refractivity contribution in [2.24, 2.45) is 0 Å². The topological polar surface area (TPSA) is 64.6 Å². The Hall–Kier alpha value is -2.05. The Kier molecular flexibility index (Phi) is 5.34. The van der Waals surface area contributed by atoms with E-state index >= 15 is 0 Å². The summed E-state index contributed by atoms with van der Waals surface area (Å²) < 4.78 is 41.5. The number of rotatable bonds is 4. The zero-order valence-electron chi connectivity index (χ0n) is 17.3. The first kappa shape index (κ1) is 20.2. The molecule has 1 fully saturated rings. The molecule has 1 aliphatic carbocycles. The lowest BCUT2D eigenvalue weighted by Crippen LogP contribution is -2.46. The highest BCUT2D eigenvalue weighted by Crippen LogP contribution is 2.46. The van der Waals surface area contributed by atoms with Gasteiger partial charge in [0.25, 0.3) is 0 Å². The van der Waals surface area contributed by atoms with Crippen LogP contribution in [0.4, 0.5) is 0 Å². The molecule has 1 N–H and O–H groups in total. The molecule has 0 radical (unpaired) electrons. The number of aryl methyl sites for hydroxylation is 2. The molecule has 4 rings (SSSR count). The minimum atomic E-state index is -3.70. The largest absolute Gasteiger partial charge is 0.496 e. The van der Waals surface area contributed by atoms with Crippen LogP contribution in [0.2, 0.25) is 0 Å². The molecule has 1 aliphatic heterocycles. The van der Waals surface area contributed by atoms with Gasteiger partial charge in [0, 0.05) is 12.0 Å². The average Bonchev–Trinajstić information content (AvgIpc) is 2.69. The van der Waals surface area contributed by atoms with Crippen LogP contribution in [0.25, 0.3) is 0 Å². The van der Waals surface area contributed by atoms with E-state index in [1.54, 1.807) is 26.2 Å². The first-order valence-electron chi connectivity index (χ1n) is 10.3. The number of hydrogen-bond acceptors (Lipinski definition) is 4. The van der Waals surface area contributed by atoms with E-state index in [1.165, 1.54) is 6.42 Å². The number of benzene rings is 2. The first-order chi connectivity index (χ1) is 13.8. The van der Waals surface area contributed by atoms with Crippen molar-refractivity contribution in [3.63, 3.8) is 0 Å². The zero-order chi connectivity index (χ0) is 20.6. The van der Waals surface area contributed by atoms with Crippen LogP contribution in [0.15, 0.2) is 41.3 Å². The van der Waals surface area contributed by atoms with E-state index in [0.29, 0.717) is 22.6 Å².